The minimum absolute atomic E-state index is 0.0506. The summed E-state index contributed by atoms with van der Waals surface area (Å²) in [6.07, 6.45) is 1.38. The molecule has 6 heteroatoms. The normalized spacial score (nSPS) is 10.7. The third-order valence-corrected chi connectivity index (χ3v) is 3.89. The fourth-order valence-electron chi connectivity index (χ4n) is 2.04. The third kappa shape index (κ3) is 5.59. The van der Waals surface area contributed by atoms with Crippen molar-refractivity contribution in [2.24, 2.45) is 0 Å². The molecule has 0 radical (unpaired) electrons. The summed E-state index contributed by atoms with van der Waals surface area (Å²) in [4.78, 5) is 23.6. The zero-order valence-corrected chi connectivity index (χ0v) is 15.1. The van der Waals surface area contributed by atoms with Gasteiger partial charge in [-0.25, -0.2) is 0 Å². The highest BCUT2D eigenvalue weighted by molar-refractivity contribution is 9.10. The molecule has 0 aromatic heterocycles. The molecule has 0 atom stereocenters. The molecule has 0 fully saturated rings. The second-order valence-electron chi connectivity index (χ2n) is 5.27. The maximum atomic E-state index is 12.2. The zero-order chi connectivity index (χ0) is 18.2. The van der Waals surface area contributed by atoms with E-state index in [9.17, 15) is 14.9 Å². The van der Waals surface area contributed by atoms with Gasteiger partial charge in [-0.1, -0.05) is 40.2 Å². The number of benzene rings is 2. The Labute approximate surface area is 154 Å². The Morgan fingerprint density at radius 3 is 2.56 bits per heavy atom. The van der Waals surface area contributed by atoms with E-state index in [2.05, 4.69) is 26.6 Å². The summed E-state index contributed by atoms with van der Waals surface area (Å²) < 4.78 is 0.983. The van der Waals surface area contributed by atoms with E-state index in [-0.39, 0.29) is 11.4 Å². The van der Waals surface area contributed by atoms with Gasteiger partial charge in [0.25, 0.3) is 5.91 Å². The summed E-state index contributed by atoms with van der Waals surface area (Å²) in [5, 5.41) is 14.7. The SMILES string of the molecule is CC(=O)c1cccc(NC(=O)/C(C#N)=C\NCc2ccc(Br)cc2)c1. The third-order valence-electron chi connectivity index (χ3n) is 3.36. The monoisotopic (exact) mass is 397 g/mol. The summed E-state index contributed by atoms with van der Waals surface area (Å²) in [6.45, 7) is 1.94. The van der Waals surface area contributed by atoms with Crippen LogP contribution in [0.2, 0.25) is 0 Å². The number of nitriles is 1. The van der Waals surface area contributed by atoms with Gasteiger partial charge >= 0.3 is 0 Å². The first-order valence-corrected chi connectivity index (χ1v) is 8.29. The molecule has 2 rings (SSSR count). The van der Waals surface area contributed by atoms with E-state index in [1.54, 1.807) is 24.3 Å². The van der Waals surface area contributed by atoms with Crippen molar-refractivity contribution >= 4 is 33.3 Å². The molecule has 0 heterocycles. The molecule has 5 nitrogen and oxygen atoms in total. The molecule has 0 saturated heterocycles. The summed E-state index contributed by atoms with van der Waals surface area (Å²) in [7, 11) is 0. The van der Waals surface area contributed by atoms with E-state index < -0.39 is 5.91 Å². The molecule has 0 aliphatic heterocycles. The zero-order valence-electron chi connectivity index (χ0n) is 13.5. The van der Waals surface area contributed by atoms with Crippen molar-refractivity contribution in [1.29, 1.82) is 5.26 Å². The Morgan fingerprint density at radius 2 is 1.92 bits per heavy atom. The Balaban J connectivity index is 2.00. The molecule has 0 unspecified atom stereocenters. The van der Waals surface area contributed by atoms with E-state index in [0.29, 0.717) is 17.8 Å². The number of Topliss-reactive ketones (excluding diaryl/α,β-unsaturated/α-hetero) is 1. The predicted molar refractivity (Wildman–Crippen MR) is 99.8 cm³/mol. The van der Waals surface area contributed by atoms with E-state index in [0.717, 1.165) is 10.0 Å². The number of anilines is 1. The molecule has 1 amide bonds. The molecule has 126 valence electrons. The molecule has 0 spiro atoms. The van der Waals surface area contributed by atoms with Gasteiger partial charge in [0, 0.05) is 28.5 Å². The van der Waals surface area contributed by atoms with Crippen LogP contribution in [0.1, 0.15) is 22.8 Å². The molecule has 25 heavy (non-hydrogen) atoms. The number of amides is 1. The van der Waals surface area contributed by atoms with Gasteiger partial charge in [-0.05, 0) is 36.8 Å². The molecule has 0 saturated carbocycles. The highest BCUT2D eigenvalue weighted by Crippen LogP contribution is 2.13. The van der Waals surface area contributed by atoms with Crippen molar-refractivity contribution < 1.29 is 9.59 Å². The Morgan fingerprint density at radius 1 is 1.20 bits per heavy atom. The van der Waals surface area contributed by atoms with Crippen LogP contribution >= 0.6 is 15.9 Å². The van der Waals surface area contributed by atoms with Gasteiger partial charge in [-0.3, -0.25) is 9.59 Å². The highest BCUT2D eigenvalue weighted by Gasteiger charge is 2.10. The maximum Gasteiger partial charge on any atom is 0.267 e. The van der Waals surface area contributed by atoms with Gasteiger partial charge in [0.15, 0.2) is 5.78 Å². The van der Waals surface area contributed by atoms with Gasteiger partial charge in [0.05, 0.1) is 0 Å². The van der Waals surface area contributed by atoms with Crippen LogP contribution in [-0.2, 0) is 11.3 Å². The number of nitrogens with zero attached hydrogens (tertiary/aromatic N) is 1. The lowest BCUT2D eigenvalue weighted by Crippen LogP contribution is -2.16. The second kappa shape index (κ2) is 8.81. The van der Waals surface area contributed by atoms with Crippen molar-refractivity contribution in [3.05, 3.63) is 75.9 Å². The highest BCUT2D eigenvalue weighted by atomic mass is 79.9. The van der Waals surface area contributed by atoms with Crippen LogP contribution in [0.5, 0.6) is 0 Å². The number of nitrogens with one attached hydrogen (secondary N) is 2. The van der Waals surface area contributed by atoms with Crippen LogP contribution in [0.15, 0.2) is 64.8 Å². The minimum Gasteiger partial charge on any atom is -0.386 e. The minimum atomic E-state index is -0.536. The fraction of sp³-hybridized carbons (Fsp3) is 0.105. The number of halogens is 1. The van der Waals surface area contributed by atoms with Crippen LogP contribution in [-0.4, -0.2) is 11.7 Å². The van der Waals surface area contributed by atoms with E-state index >= 15 is 0 Å². The number of hydrogen-bond acceptors (Lipinski definition) is 4. The van der Waals surface area contributed by atoms with Crippen molar-refractivity contribution in [1.82, 2.24) is 5.32 Å². The summed E-state index contributed by atoms with van der Waals surface area (Å²) in [5.41, 5.74) is 1.93. The van der Waals surface area contributed by atoms with Crippen molar-refractivity contribution in [3.63, 3.8) is 0 Å². The molecule has 2 aromatic rings. The first kappa shape index (κ1) is 18.4. The summed E-state index contributed by atoms with van der Waals surface area (Å²) in [5.74, 6) is -0.630. The van der Waals surface area contributed by atoms with Crippen LogP contribution < -0.4 is 10.6 Å². The average molecular weight is 398 g/mol. The lowest BCUT2D eigenvalue weighted by molar-refractivity contribution is -0.112. The van der Waals surface area contributed by atoms with E-state index in [1.807, 2.05) is 30.3 Å². The molecule has 2 N–H and O–H groups in total. The number of ketones is 1. The van der Waals surface area contributed by atoms with Gasteiger partial charge in [0.1, 0.15) is 11.6 Å². The lowest BCUT2D eigenvalue weighted by atomic mass is 10.1. The number of carbonyl (C=O) groups excluding carboxylic acids is 2. The molecule has 0 bridgehead atoms. The Bertz CT molecular complexity index is 852. The number of hydrogen-bond donors (Lipinski definition) is 2. The van der Waals surface area contributed by atoms with Crippen molar-refractivity contribution in [2.75, 3.05) is 5.32 Å². The predicted octanol–water partition coefficient (Wildman–Crippen LogP) is 3.79. The van der Waals surface area contributed by atoms with Crippen molar-refractivity contribution in [2.45, 2.75) is 13.5 Å². The van der Waals surface area contributed by atoms with Gasteiger partial charge in [-0.2, -0.15) is 5.26 Å². The molecule has 0 aliphatic rings. The van der Waals surface area contributed by atoms with Crippen LogP contribution in [0.3, 0.4) is 0 Å². The maximum absolute atomic E-state index is 12.2. The summed E-state index contributed by atoms with van der Waals surface area (Å²) >= 11 is 3.36. The average Bonchev–Trinajstić information content (AvgIpc) is 2.60. The van der Waals surface area contributed by atoms with Crippen LogP contribution in [0.4, 0.5) is 5.69 Å². The standard InChI is InChI=1S/C19H16BrN3O2/c1-13(24)15-3-2-4-18(9-15)23-19(25)16(10-21)12-22-11-14-5-7-17(20)8-6-14/h2-9,12,22H,11H2,1H3,(H,23,25)/b16-12-. The van der Waals surface area contributed by atoms with Crippen LogP contribution in [0.25, 0.3) is 0 Å². The molecular formula is C19H16BrN3O2. The van der Waals surface area contributed by atoms with Gasteiger partial charge < -0.3 is 10.6 Å². The topological polar surface area (TPSA) is 82.0 Å². The Kier molecular flexibility index (Phi) is 6.49. The van der Waals surface area contributed by atoms with E-state index in [4.69, 9.17) is 0 Å². The van der Waals surface area contributed by atoms with Gasteiger partial charge in [0.2, 0.25) is 0 Å². The molecule has 2 aromatic carbocycles. The van der Waals surface area contributed by atoms with Crippen LogP contribution in [0, 0.1) is 11.3 Å². The first-order valence-electron chi connectivity index (χ1n) is 7.50. The Hall–Kier alpha value is -2.91. The quantitative estimate of drug-likeness (QED) is 0.441. The first-order chi connectivity index (χ1) is 12.0. The largest absolute Gasteiger partial charge is 0.386 e. The smallest absolute Gasteiger partial charge is 0.267 e. The fourth-order valence-corrected chi connectivity index (χ4v) is 2.30. The summed E-state index contributed by atoms with van der Waals surface area (Å²) in [6, 6.07) is 16.1. The number of carbonyl (C=O) groups is 2. The molecule has 0 aliphatic carbocycles. The lowest BCUT2D eigenvalue weighted by Gasteiger charge is -2.06. The van der Waals surface area contributed by atoms with Gasteiger partial charge in [-0.15, -0.1) is 0 Å². The second-order valence-corrected chi connectivity index (χ2v) is 6.18. The number of rotatable bonds is 6. The van der Waals surface area contributed by atoms with Crippen molar-refractivity contribution in [3.8, 4) is 6.07 Å². The molecular weight excluding hydrogens is 382 g/mol. The van der Waals surface area contributed by atoms with E-state index in [1.165, 1.54) is 13.1 Å².